The smallest absolute Gasteiger partial charge is 0.248 e. The molecule has 0 radical (unpaired) electrons. The largest absolute Gasteiger partial charge is 0.328 e. The monoisotopic (exact) mass is 246 g/mol. The highest BCUT2D eigenvalue weighted by Gasteiger charge is 2.50. The number of nitrogens with one attached hydrogen (secondary N) is 1. The Bertz CT molecular complexity index is 449. The van der Waals surface area contributed by atoms with Crippen LogP contribution < -0.4 is 5.32 Å². The van der Waals surface area contributed by atoms with Crippen molar-refractivity contribution in [3.63, 3.8) is 0 Å². The van der Waals surface area contributed by atoms with Gasteiger partial charge in [0.25, 0.3) is 0 Å². The van der Waals surface area contributed by atoms with Gasteiger partial charge in [0.05, 0.1) is 6.17 Å². The third kappa shape index (κ3) is 1.93. The van der Waals surface area contributed by atoms with Crippen molar-refractivity contribution >= 4 is 5.91 Å². The fourth-order valence-corrected chi connectivity index (χ4v) is 2.68. The second-order valence-electron chi connectivity index (χ2n) is 6.32. The molecule has 1 fully saturated rings. The summed E-state index contributed by atoms with van der Waals surface area (Å²) in [4.78, 5) is 14.4. The molecule has 2 atom stereocenters. The van der Waals surface area contributed by atoms with Crippen LogP contribution in [0.15, 0.2) is 30.3 Å². The van der Waals surface area contributed by atoms with Gasteiger partial charge in [0.15, 0.2) is 0 Å². The lowest BCUT2D eigenvalue weighted by Crippen LogP contribution is -2.47. The highest BCUT2D eigenvalue weighted by molar-refractivity contribution is 5.89. The van der Waals surface area contributed by atoms with Crippen LogP contribution in [0.5, 0.6) is 0 Å². The number of benzene rings is 1. The fraction of sp³-hybridized carbons (Fsp3) is 0.533. The summed E-state index contributed by atoms with van der Waals surface area (Å²) < 4.78 is 0. The first-order valence-corrected chi connectivity index (χ1v) is 6.37. The van der Waals surface area contributed by atoms with E-state index >= 15 is 0 Å². The number of carbonyl (C=O) groups excluding carboxylic acids is 1. The molecule has 0 saturated carbocycles. The van der Waals surface area contributed by atoms with Crippen molar-refractivity contribution in [1.29, 1.82) is 0 Å². The molecule has 3 nitrogen and oxygen atoms in total. The van der Waals surface area contributed by atoms with E-state index in [1.165, 1.54) is 0 Å². The molecule has 2 rings (SSSR count). The van der Waals surface area contributed by atoms with Crippen molar-refractivity contribution < 1.29 is 4.79 Å². The summed E-state index contributed by atoms with van der Waals surface area (Å²) in [6, 6.07) is 9.92. The molecule has 1 aliphatic rings. The van der Waals surface area contributed by atoms with Crippen LogP contribution in [0.2, 0.25) is 0 Å². The molecule has 1 amide bonds. The number of carbonyl (C=O) groups is 1. The summed E-state index contributed by atoms with van der Waals surface area (Å²) in [5, 5.41) is 3.50. The molecule has 1 aromatic rings. The molecule has 18 heavy (non-hydrogen) atoms. The Hall–Kier alpha value is -1.35. The molecule has 3 heteroatoms. The Balaban J connectivity index is 2.40. The molecule has 1 aromatic carbocycles. The minimum Gasteiger partial charge on any atom is -0.328 e. The first kappa shape index (κ1) is 13.1. The van der Waals surface area contributed by atoms with Crippen molar-refractivity contribution in [3.05, 3.63) is 35.9 Å². The van der Waals surface area contributed by atoms with Gasteiger partial charge >= 0.3 is 0 Å². The minimum atomic E-state index is -0.617. The van der Waals surface area contributed by atoms with E-state index in [1.807, 2.05) is 49.2 Å². The maximum Gasteiger partial charge on any atom is 0.248 e. The molecule has 1 heterocycles. The summed E-state index contributed by atoms with van der Waals surface area (Å²) >= 11 is 0. The zero-order chi connectivity index (χ0) is 13.6. The summed E-state index contributed by atoms with van der Waals surface area (Å²) in [5.41, 5.74) is 0.416. The molecule has 0 spiro atoms. The number of likely N-dealkylation sites (N-methyl/N-ethyl adjacent to an activating group) is 1. The Morgan fingerprint density at radius 3 is 2.22 bits per heavy atom. The molecular weight excluding hydrogens is 224 g/mol. The average molecular weight is 246 g/mol. The standard InChI is InChI=1S/C15H22N2O/c1-14(2,3)12-16-15(4,13(18)17(12)5)11-9-7-6-8-10-11/h6-10,12,16H,1-5H3. The van der Waals surface area contributed by atoms with Gasteiger partial charge in [0.2, 0.25) is 5.91 Å². The van der Waals surface area contributed by atoms with Crippen LogP contribution in [0.3, 0.4) is 0 Å². The van der Waals surface area contributed by atoms with Crippen molar-refractivity contribution in [2.45, 2.75) is 39.4 Å². The third-order valence-electron chi connectivity index (χ3n) is 3.73. The van der Waals surface area contributed by atoms with Crippen LogP contribution in [0.25, 0.3) is 0 Å². The SMILES string of the molecule is CN1C(=O)C(C)(c2ccccc2)NC1C(C)(C)C. The second kappa shape index (κ2) is 4.09. The lowest BCUT2D eigenvalue weighted by atomic mass is 9.90. The van der Waals surface area contributed by atoms with Crippen LogP contribution in [-0.4, -0.2) is 24.0 Å². The van der Waals surface area contributed by atoms with Gasteiger partial charge in [-0.1, -0.05) is 51.1 Å². The van der Waals surface area contributed by atoms with E-state index in [-0.39, 0.29) is 17.5 Å². The summed E-state index contributed by atoms with van der Waals surface area (Å²) in [6.45, 7) is 8.40. The van der Waals surface area contributed by atoms with E-state index in [1.54, 1.807) is 0 Å². The highest BCUT2D eigenvalue weighted by Crippen LogP contribution is 2.35. The average Bonchev–Trinajstić information content (AvgIpc) is 2.56. The van der Waals surface area contributed by atoms with Gasteiger partial charge < -0.3 is 4.90 Å². The molecular formula is C15H22N2O. The van der Waals surface area contributed by atoms with Gasteiger partial charge in [0.1, 0.15) is 5.54 Å². The van der Waals surface area contributed by atoms with Crippen LogP contribution in [0.4, 0.5) is 0 Å². The van der Waals surface area contributed by atoms with Gasteiger partial charge in [-0.2, -0.15) is 0 Å². The lowest BCUT2D eigenvalue weighted by molar-refractivity contribution is -0.132. The number of amides is 1. The summed E-state index contributed by atoms with van der Waals surface area (Å²) in [7, 11) is 1.87. The Morgan fingerprint density at radius 1 is 1.22 bits per heavy atom. The van der Waals surface area contributed by atoms with E-state index in [0.29, 0.717) is 0 Å². The quantitative estimate of drug-likeness (QED) is 0.825. The number of rotatable bonds is 1. The number of hydrogen-bond donors (Lipinski definition) is 1. The number of hydrogen-bond acceptors (Lipinski definition) is 2. The van der Waals surface area contributed by atoms with Crippen molar-refractivity contribution in [3.8, 4) is 0 Å². The lowest BCUT2D eigenvalue weighted by Gasteiger charge is -2.32. The number of nitrogens with zero attached hydrogens (tertiary/aromatic N) is 1. The minimum absolute atomic E-state index is 0.0109. The van der Waals surface area contributed by atoms with Gasteiger partial charge in [-0.05, 0) is 17.9 Å². The molecule has 98 valence electrons. The summed E-state index contributed by atoms with van der Waals surface area (Å²) in [6.07, 6.45) is 0.0511. The van der Waals surface area contributed by atoms with Gasteiger partial charge in [-0.15, -0.1) is 0 Å². The van der Waals surface area contributed by atoms with Crippen LogP contribution in [0, 0.1) is 5.41 Å². The van der Waals surface area contributed by atoms with E-state index in [9.17, 15) is 4.79 Å². The molecule has 0 aromatic heterocycles. The zero-order valence-electron chi connectivity index (χ0n) is 11.8. The second-order valence-corrected chi connectivity index (χ2v) is 6.32. The van der Waals surface area contributed by atoms with Gasteiger partial charge in [0, 0.05) is 7.05 Å². The first-order chi connectivity index (χ1) is 8.27. The van der Waals surface area contributed by atoms with Crippen LogP contribution in [0.1, 0.15) is 33.3 Å². The molecule has 0 aliphatic carbocycles. The van der Waals surface area contributed by atoms with Crippen molar-refractivity contribution in [2.24, 2.45) is 5.41 Å². The normalized spacial score (nSPS) is 28.8. The fourth-order valence-electron chi connectivity index (χ4n) is 2.68. The predicted octanol–water partition coefficient (Wildman–Crippen LogP) is 2.34. The van der Waals surface area contributed by atoms with E-state index in [0.717, 1.165) is 5.56 Å². The summed E-state index contributed by atoms with van der Waals surface area (Å²) in [5.74, 6) is 0.133. The maximum atomic E-state index is 12.5. The Kier molecular flexibility index (Phi) is 2.98. The molecule has 1 aliphatic heterocycles. The van der Waals surface area contributed by atoms with Gasteiger partial charge in [-0.3, -0.25) is 10.1 Å². The molecule has 2 unspecified atom stereocenters. The van der Waals surface area contributed by atoms with E-state index < -0.39 is 5.54 Å². The van der Waals surface area contributed by atoms with Crippen molar-refractivity contribution in [2.75, 3.05) is 7.05 Å². The molecule has 1 N–H and O–H groups in total. The maximum absolute atomic E-state index is 12.5. The zero-order valence-corrected chi connectivity index (χ0v) is 11.8. The van der Waals surface area contributed by atoms with E-state index in [2.05, 4.69) is 26.1 Å². The van der Waals surface area contributed by atoms with E-state index in [4.69, 9.17) is 0 Å². The molecule has 1 saturated heterocycles. The predicted molar refractivity (Wildman–Crippen MR) is 72.9 cm³/mol. The third-order valence-corrected chi connectivity index (χ3v) is 3.73. The Morgan fingerprint density at radius 2 is 1.78 bits per heavy atom. The Labute approximate surface area is 109 Å². The first-order valence-electron chi connectivity index (χ1n) is 6.37. The van der Waals surface area contributed by atoms with Gasteiger partial charge in [-0.25, -0.2) is 0 Å². The van der Waals surface area contributed by atoms with Crippen LogP contribution in [-0.2, 0) is 10.3 Å². The van der Waals surface area contributed by atoms with Crippen molar-refractivity contribution in [1.82, 2.24) is 10.2 Å². The molecule has 0 bridgehead atoms. The highest BCUT2D eigenvalue weighted by atomic mass is 16.2. The van der Waals surface area contributed by atoms with Crippen LogP contribution >= 0.6 is 0 Å². The topological polar surface area (TPSA) is 32.3 Å².